The van der Waals surface area contributed by atoms with Crippen molar-refractivity contribution < 1.29 is 14.3 Å². The van der Waals surface area contributed by atoms with E-state index in [1.165, 1.54) is 17.3 Å². The fourth-order valence-corrected chi connectivity index (χ4v) is 4.26. The summed E-state index contributed by atoms with van der Waals surface area (Å²) in [5.41, 5.74) is 6.43. The lowest BCUT2D eigenvalue weighted by atomic mass is 10.1. The van der Waals surface area contributed by atoms with Gasteiger partial charge in [-0.25, -0.2) is 5.43 Å². The molecule has 0 atom stereocenters. The summed E-state index contributed by atoms with van der Waals surface area (Å²) < 4.78 is 12.7. The Morgan fingerprint density at radius 3 is 2.44 bits per heavy atom. The van der Waals surface area contributed by atoms with Gasteiger partial charge >= 0.3 is 0 Å². The minimum Gasteiger partial charge on any atom is -0.493 e. The highest BCUT2D eigenvalue weighted by atomic mass is 32.2. The third-order valence-electron chi connectivity index (χ3n) is 5.41. The van der Waals surface area contributed by atoms with Crippen molar-refractivity contribution in [1.29, 1.82) is 0 Å². The SMILES string of the molecule is CCc1ccc(/C=N/NC(=O)CSc2nnc(-c3ccc(OC)c(OC)c3)n2-c2ccccc2)cc1. The van der Waals surface area contributed by atoms with Gasteiger partial charge in [0.2, 0.25) is 0 Å². The number of hydrazone groups is 1. The fourth-order valence-electron chi connectivity index (χ4n) is 3.52. The number of hydrogen-bond acceptors (Lipinski definition) is 7. The largest absolute Gasteiger partial charge is 0.493 e. The molecule has 1 heterocycles. The molecular formula is C27H27N5O3S. The molecular weight excluding hydrogens is 474 g/mol. The smallest absolute Gasteiger partial charge is 0.250 e. The molecule has 4 aromatic rings. The third-order valence-corrected chi connectivity index (χ3v) is 6.34. The van der Waals surface area contributed by atoms with E-state index in [9.17, 15) is 4.79 Å². The van der Waals surface area contributed by atoms with E-state index in [2.05, 4.69) is 27.6 Å². The van der Waals surface area contributed by atoms with Gasteiger partial charge in [-0.2, -0.15) is 5.10 Å². The van der Waals surface area contributed by atoms with Gasteiger partial charge in [-0.3, -0.25) is 9.36 Å². The minimum atomic E-state index is -0.239. The first kappa shape index (κ1) is 25.0. The molecule has 3 aromatic carbocycles. The van der Waals surface area contributed by atoms with Crippen LogP contribution < -0.4 is 14.9 Å². The second kappa shape index (κ2) is 12.0. The highest BCUT2D eigenvalue weighted by Crippen LogP contribution is 2.34. The van der Waals surface area contributed by atoms with E-state index in [0.717, 1.165) is 23.2 Å². The molecule has 0 fully saturated rings. The van der Waals surface area contributed by atoms with Crippen molar-refractivity contribution in [2.75, 3.05) is 20.0 Å². The van der Waals surface area contributed by atoms with Gasteiger partial charge in [0.25, 0.3) is 5.91 Å². The standard InChI is InChI=1S/C27H27N5O3S/c1-4-19-10-12-20(13-11-19)17-28-29-25(33)18-36-27-31-30-26(32(27)22-8-6-5-7-9-22)21-14-15-23(34-2)24(16-21)35-3/h5-17H,4,18H2,1-3H3,(H,29,33)/b28-17+. The number of aryl methyl sites for hydroxylation is 1. The monoisotopic (exact) mass is 501 g/mol. The van der Waals surface area contributed by atoms with Gasteiger partial charge in [0.15, 0.2) is 22.5 Å². The van der Waals surface area contributed by atoms with Crippen molar-refractivity contribution in [1.82, 2.24) is 20.2 Å². The van der Waals surface area contributed by atoms with Crippen LogP contribution >= 0.6 is 11.8 Å². The summed E-state index contributed by atoms with van der Waals surface area (Å²) in [5, 5.41) is 13.4. The zero-order valence-electron chi connectivity index (χ0n) is 20.3. The number of aromatic nitrogens is 3. The number of nitrogens with zero attached hydrogens (tertiary/aromatic N) is 4. The number of carbonyl (C=O) groups excluding carboxylic acids is 1. The quantitative estimate of drug-likeness (QED) is 0.191. The molecule has 1 N–H and O–H groups in total. The number of para-hydroxylation sites is 1. The molecule has 0 bridgehead atoms. The molecule has 36 heavy (non-hydrogen) atoms. The van der Waals surface area contributed by atoms with Crippen LogP contribution in [0.5, 0.6) is 11.5 Å². The molecule has 1 aromatic heterocycles. The van der Waals surface area contributed by atoms with Crippen LogP contribution in [0.2, 0.25) is 0 Å². The van der Waals surface area contributed by atoms with E-state index in [0.29, 0.717) is 22.5 Å². The normalized spacial score (nSPS) is 11.0. The molecule has 8 nitrogen and oxygen atoms in total. The van der Waals surface area contributed by atoms with Crippen molar-refractivity contribution in [2.24, 2.45) is 5.10 Å². The zero-order chi connectivity index (χ0) is 25.3. The molecule has 0 unspecified atom stereocenters. The molecule has 0 aliphatic carbocycles. The maximum absolute atomic E-state index is 12.5. The van der Waals surface area contributed by atoms with E-state index in [1.54, 1.807) is 20.4 Å². The Balaban J connectivity index is 1.51. The van der Waals surface area contributed by atoms with Gasteiger partial charge in [-0.05, 0) is 47.9 Å². The Kier molecular flexibility index (Phi) is 8.36. The maximum atomic E-state index is 12.5. The molecule has 0 aliphatic rings. The van der Waals surface area contributed by atoms with Crippen molar-refractivity contribution in [3.63, 3.8) is 0 Å². The summed E-state index contributed by atoms with van der Waals surface area (Å²) in [7, 11) is 3.18. The number of thioether (sulfide) groups is 1. The van der Waals surface area contributed by atoms with Gasteiger partial charge in [-0.1, -0.05) is 61.2 Å². The Bertz CT molecular complexity index is 1340. The van der Waals surface area contributed by atoms with Crippen molar-refractivity contribution in [3.05, 3.63) is 83.9 Å². The molecule has 0 radical (unpaired) electrons. The summed E-state index contributed by atoms with van der Waals surface area (Å²) in [6.45, 7) is 2.11. The minimum absolute atomic E-state index is 0.128. The number of hydrogen-bond donors (Lipinski definition) is 1. The maximum Gasteiger partial charge on any atom is 0.250 e. The molecule has 9 heteroatoms. The van der Waals surface area contributed by atoms with Gasteiger partial charge in [-0.15, -0.1) is 10.2 Å². The zero-order valence-corrected chi connectivity index (χ0v) is 21.2. The average molecular weight is 502 g/mol. The molecule has 0 saturated heterocycles. The van der Waals surface area contributed by atoms with Crippen molar-refractivity contribution in [2.45, 2.75) is 18.5 Å². The Labute approximate surface area is 214 Å². The van der Waals surface area contributed by atoms with E-state index in [1.807, 2.05) is 77.4 Å². The van der Waals surface area contributed by atoms with Crippen LogP contribution in [0.3, 0.4) is 0 Å². The molecule has 0 aliphatic heterocycles. The van der Waals surface area contributed by atoms with Crippen molar-refractivity contribution in [3.8, 4) is 28.6 Å². The number of amides is 1. The lowest BCUT2D eigenvalue weighted by Gasteiger charge is -2.12. The highest BCUT2D eigenvalue weighted by molar-refractivity contribution is 7.99. The summed E-state index contributed by atoms with van der Waals surface area (Å²) in [4.78, 5) is 12.5. The van der Waals surface area contributed by atoms with Gasteiger partial charge in [0.1, 0.15) is 0 Å². The summed E-state index contributed by atoms with van der Waals surface area (Å²) in [5.74, 6) is 1.73. The fraction of sp³-hybridized carbons (Fsp3) is 0.185. The van der Waals surface area contributed by atoms with Crippen LogP contribution in [-0.4, -0.2) is 46.9 Å². The van der Waals surface area contributed by atoms with Crippen LogP contribution in [0.1, 0.15) is 18.1 Å². The van der Waals surface area contributed by atoms with Crippen LogP contribution in [0, 0.1) is 0 Å². The first-order valence-corrected chi connectivity index (χ1v) is 12.4. The Hall–Kier alpha value is -4.11. The molecule has 0 saturated carbocycles. The lowest BCUT2D eigenvalue weighted by molar-refractivity contribution is -0.118. The molecule has 4 rings (SSSR count). The summed E-state index contributed by atoms with van der Waals surface area (Å²) in [6.07, 6.45) is 2.61. The van der Waals surface area contributed by atoms with E-state index in [4.69, 9.17) is 9.47 Å². The summed E-state index contributed by atoms with van der Waals surface area (Å²) in [6, 6.07) is 23.4. The molecule has 1 amide bonds. The average Bonchev–Trinajstić information content (AvgIpc) is 3.36. The number of carbonyl (C=O) groups is 1. The van der Waals surface area contributed by atoms with E-state index >= 15 is 0 Å². The lowest BCUT2D eigenvalue weighted by Crippen LogP contribution is -2.20. The van der Waals surface area contributed by atoms with Crippen LogP contribution in [0.4, 0.5) is 0 Å². The van der Waals surface area contributed by atoms with Gasteiger partial charge in [0, 0.05) is 11.3 Å². The number of methoxy groups -OCH3 is 2. The molecule has 0 spiro atoms. The van der Waals surface area contributed by atoms with Crippen molar-refractivity contribution >= 4 is 23.9 Å². The van der Waals surface area contributed by atoms with Gasteiger partial charge < -0.3 is 9.47 Å². The van der Waals surface area contributed by atoms with Crippen LogP contribution in [0.25, 0.3) is 17.1 Å². The predicted octanol–water partition coefficient (Wildman–Crippen LogP) is 4.76. The Morgan fingerprint density at radius 1 is 1.00 bits per heavy atom. The van der Waals surface area contributed by atoms with E-state index in [-0.39, 0.29) is 11.7 Å². The van der Waals surface area contributed by atoms with E-state index < -0.39 is 0 Å². The first-order valence-electron chi connectivity index (χ1n) is 11.4. The third kappa shape index (κ3) is 5.92. The first-order chi connectivity index (χ1) is 17.6. The predicted molar refractivity (Wildman–Crippen MR) is 142 cm³/mol. The number of benzene rings is 3. The summed E-state index contributed by atoms with van der Waals surface area (Å²) >= 11 is 1.28. The second-order valence-corrected chi connectivity index (χ2v) is 8.67. The number of nitrogens with one attached hydrogen (secondary N) is 1. The van der Waals surface area contributed by atoms with Crippen LogP contribution in [0.15, 0.2) is 83.1 Å². The van der Waals surface area contributed by atoms with Gasteiger partial charge in [0.05, 0.1) is 26.2 Å². The van der Waals surface area contributed by atoms with Crippen LogP contribution in [-0.2, 0) is 11.2 Å². The number of rotatable bonds is 10. The second-order valence-electron chi connectivity index (χ2n) is 7.72. The highest BCUT2D eigenvalue weighted by Gasteiger charge is 2.18. The molecule has 184 valence electrons. The Morgan fingerprint density at radius 2 is 1.75 bits per heavy atom. The topological polar surface area (TPSA) is 90.6 Å². The number of ether oxygens (including phenoxy) is 2.